The molecule has 0 atom stereocenters. The molecular weight excluding hydrogens is 408 g/mol. The van der Waals surface area contributed by atoms with Crippen LogP contribution < -0.4 is 9.80 Å². The van der Waals surface area contributed by atoms with Gasteiger partial charge in [-0.25, -0.2) is 14.5 Å². The van der Waals surface area contributed by atoms with Gasteiger partial charge in [-0.15, -0.1) is 0 Å². The average Bonchev–Trinajstić information content (AvgIpc) is 3.32. The van der Waals surface area contributed by atoms with Gasteiger partial charge < -0.3 is 14.5 Å². The molecule has 0 N–H and O–H groups in total. The number of benzene rings is 1. The number of pyridine rings is 1. The van der Waals surface area contributed by atoms with Gasteiger partial charge in [0.1, 0.15) is 23.0 Å². The van der Waals surface area contributed by atoms with Gasteiger partial charge in [-0.3, -0.25) is 4.79 Å². The third-order valence-electron chi connectivity index (χ3n) is 5.28. The quantitative estimate of drug-likeness (QED) is 0.347. The predicted molar refractivity (Wildman–Crippen MR) is 117 cm³/mol. The van der Waals surface area contributed by atoms with Gasteiger partial charge in [0.05, 0.1) is 23.3 Å². The summed E-state index contributed by atoms with van der Waals surface area (Å²) in [5.41, 5.74) is 2.42. The molecule has 0 saturated carbocycles. The maximum atomic E-state index is 12.8. The highest BCUT2D eigenvalue weighted by Gasteiger charge is 2.31. The number of hydrogen-bond donors (Lipinski definition) is 0. The highest BCUT2D eigenvalue weighted by atomic mass is 16.5. The summed E-state index contributed by atoms with van der Waals surface area (Å²) in [4.78, 5) is 33.1. The summed E-state index contributed by atoms with van der Waals surface area (Å²) >= 11 is 0. The van der Waals surface area contributed by atoms with Gasteiger partial charge >= 0.3 is 5.97 Å². The summed E-state index contributed by atoms with van der Waals surface area (Å²) in [6.07, 6.45) is 3.00. The smallest absolute Gasteiger partial charge is 0.342 e. The second-order valence-corrected chi connectivity index (χ2v) is 7.16. The van der Waals surface area contributed by atoms with Crippen molar-refractivity contribution in [1.29, 1.82) is 5.26 Å². The molecule has 0 radical (unpaired) electrons. The minimum atomic E-state index is -0.697. The van der Waals surface area contributed by atoms with Crippen LogP contribution in [0.4, 0.5) is 11.4 Å². The Morgan fingerprint density at radius 3 is 2.31 bits per heavy atom. The molecule has 4 rings (SSSR count). The third-order valence-corrected chi connectivity index (χ3v) is 5.28. The van der Waals surface area contributed by atoms with E-state index in [0.29, 0.717) is 17.3 Å². The number of ketones is 1. The van der Waals surface area contributed by atoms with Crippen molar-refractivity contribution in [2.75, 3.05) is 30.5 Å². The van der Waals surface area contributed by atoms with Crippen LogP contribution in [-0.4, -0.2) is 47.2 Å². The Kier molecular flexibility index (Phi) is 5.43. The molecule has 9 heteroatoms. The van der Waals surface area contributed by atoms with E-state index in [9.17, 15) is 14.9 Å². The van der Waals surface area contributed by atoms with Gasteiger partial charge in [-0.2, -0.15) is 10.4 Å². The molecule has 0 saturated heterocycles. The molecule has 0 bridgehead atoms. The van der Waals surface area contributed by atoms with Crippen LogP contribution in [0.3, 0.4) is 0 Å². The zero-order valence-corrected chi connectivity index (χ0v) is 17.8. The molecule has 3 heterocycles. The van der Waals surface area contributed by atoms with Gasteiger partial charge in [0.2, 0.25) is 5.78 Å². The van der Waals surface area contributed by atoms with E-state index in [0.717, 1.165) is 11.4 Å². The molecule has 2 aromatic heterocycles. The molecule has 0 spiro atoms. The van der Waals surface area contributed by atoms with E-state index < -0.39 is 18.4 Å². The van der Waals surface area contributed by atoms with Gasteiger partial charge in [0.25, 0.3) is 0 Å². The van der Waals surface area contributed by atoms with Gasteiger partial charge in [0.15, 0.2) is 12.4 Å². The van der Waals surface area contributed by atoms with E-state index in [2.05, 4.69) is 10.1 Å². The predicted octanol–water partition coefficient (Wildman–Crippen LogP) is 2.62. The molecule has 1 aliphatic heterocycles. The number of carbonyl (C=O) groups is 2. The molecule has 32 heavy (non-hydrogen) atoms. The van der Waals surface area contributed by atoms with E-state index in [4.69, 9.17) is 4.74 Å². The second-order valence-electron chi connectivity index (χ2n) is 7.16. The van der Waals surface area contributed by atoms with E-state index in [1.165, 1.54) is 10.9 Å². The number of ether oxygens (including phenoxy) is 1. The lowest BCUT2D eigenvalue weighted by Gasteiger charge is -2.19. The number of carbonyl (C=O) groups excluding carboxylic acids is 2. The third kappa shape index (κ3) is 3.48. The normalized spacial score (nSPS) is 12.4. The molecule has 0 unspecified atom stereocenters. The first kappa shape index (κ1) is 20.8. The molecule has 9 nitrogen and oxygen atoms in total. The van der Waals surface area contributed by atoms with Gasteiger partial charge in [-0.1, -0.05) is 18.2 Å². The van der Waals surface area contributed by atoms with Crippen molar-refractivity contribution in [2.24, 2.45) is 0 Å². The van der Waals surface area contributed by atoms with Crippen LogP contribution in [0.5, 0.6) is 0 Å². The number of Topliss-reactive ketones (excluding diaryl/α,β-unsaturated/α-hetero) is 1. The lowest BCUT2D eigenvalue weighted by molar-refractivity contribution is -0.118. The lowest BCUT2D eigenvalue weighted by Crippen LogP contribution is -2.27. The summed E-state index contributed by atoms with van der Waals surface area (Å²) in [6, 6.07) is 14.9. The fourth-order valence-corrected chi connectivity index (χ4v) is 3.66. The maximum absolute atomic E-state index is 12.8. The molecule has 1 aromatic carbocycles. The van der Waals surface area contributed by atoms with Crippen LogP contribution in [0.2, 0.25) is 0 Å². The van der Waals surface area contributed by atoms with Gasteiger partial charge in [-0.05, 0) is 31.2 Å². The largest absolute Gasteiger partial charge is 0.454 e. The number of nitrogens with zero attached hydrogens (tertiary/aromatic N) is 6. The number of esters is 1. The van der Waals surface area contributed by atoms with Crippen molar-refractivity contribution in [1.82, 2.24) is 14.8 Å². The first-order valence-corrected chi connectivity index (χ1v) is 9.81. The van der Waals surface area contributed by atoms with Crippen molar-refractivity contribution in [3.63, 3.8) is 0 Å². The van der Waals surface area contributed by atoms with Crippen molar-refractivity contribution in [3.05, 3.63) is 77.5 Å². The Hall–Kier alpha value is -4.45. The molecule has 1 aliphatic rings. The zero-order chi connectivity index (χ0) is 22.8. The lowest BCUT2D eigenvalue weighted by atomic mass is 10.2. The molecule has 0 aliphatic carbocycles. The summed E-state index contributed by atoms with van der Waals surface area (Å²) < 4.78 is 6.74. The van der Waals surface area contributed by atoms with Gasteiger partial charge in [0, 0.05) is 20.3 Å². The first-order valence-electron chi connectivity index (χ1n) is 9.81. The van der Waals surface area contributed by atoms with E-state index in [1.54, 1.807) is 49.1 Å². The summed E-state index contributed by atoms with van der Waals surface area (Å²) in [7, 11) is 3.56. The summed E-state index contributed by atoms with van der Waals surface area (Å²) in [5.74, 6) is -0.286. The summed E-state index contributed by atoms with van der Waals surface area (Å²) in [5, 5.41) is 13.9. The van der Waals surface area contributed by atoms with Crippen LogP contribution >= 0.6 is 0 Å². The number of aromatic nitrogens is 3. The average molecular weight is 428 g/mol. The highest BCUT2D eigenvalue weighted by Crippen LogP contribution is 2.40. The fourth-order valence-electron chi connectivity index (χ4n) is 3.66. The van der Waals surface area contributed by atoms with Crippen molar-refractivity contribution in [3.8, 4) is 11.9 Å². The van der Waals surface area contributed by atoms with Crippen LogP contribution in [0, 0.1) is 18.3 Å². The molecule has 3 aromatic rings. The Balaban J connectivity index is 1.52. The van der Waals surface area contributed by atoms with Crippen LogP contribution in [0.25, 0.3) is 5.82 Å². The van der Waals surface area contributed by atoms with Crippen molar-refractivity contribution >= 4 is 23.1 Å². The molecule has 0 amide bonds. The van der Waals surface area contributed by atoms with E-state index in [1.807, 2.05) is 36.4 Å². The second kappa shape index (κ2) is 8.35. The van der Waals surface area contributed by atoms with E-state index in [-0.39, 0.29) is 11.1 Å². The van der Waals surface area contributed by atoms with Crippen LogP contribution in [0.15, 0.2) is 66.3 Å². The van der Waals surface area contributed by atoms with E-state index >= 15 is 0 Å². The topological polar surface area (TPSA) is 104 Å². The monoisotopic (exact) mass is 428 g/mol. The van der Waals surface area contributed by atoms with Crippen LogP contribution in [-0.2, 0) is 9.53 Å². The standard InChI is InChI=1S/C23H20N6O3/c1-15-17(13-26-29(15)21-10-6-7-11-25-21)23(31)32-14-20(30)16(12-24)22-27(2)18-8-4-5-9-19(18)28(22)3/h4-11,13H,14H2,1-3H3. The number of para-hydroxylation sites is 2. The fraction of sp³-hybridized carbons (Fsp3) is 0.174. The minimum Gasteiger partial charge on any atom is -0.454 e. The SMILES string of the molecule is Cc1c(C(=O)OCC(=O)C(C#N)=C2N(C)c3ccccc3N2C)cnn1-c1ccccn1. The number of anilines is 2. The molecule has 0 fully saturated rings. The number of nitriles is 1. The van der Waals surface area contributed by atoms with Crippen LogP contribution in [0.1, 0.15) is 16.1 Å². The van der Waals surface area contributed by atoms with Crippen molar-refractivity contribution < 1.29 is 14.3 Å². The highest BCUT2D eigenvalue weighted by molar-refractivity contribution is 6.04. The Morgan fingerprint density at radius 1 is 1.06 bits per heavy atom. The number of fused-ring (bicyclic) bond motifs is 1. The molecular formula is C23H20N6O3. The first-order chi connectivity index (χ1) is 15.4. The summed E-state index contributed by atoms with van der Waals surface area (Å²) in [6.45, 7) is 1.15. The Morgan fingerprint density at radius 2 is 1.72 bits per heavy atom. The number of hydrogen-bond acceptors (Lipinski definition) is 8. The maximum Gasteiger partial charge on any atom is 0.342 e. The number of rotatable bonds is 5. The molecule has 160 valence electrons. The Bertz CT molecular complexity index is 1240. The Labute approximate surface area is 184 Å². The minimum absolute atomic E-state index is 0.0834. The van der Waals surface area contributed by atoms with Crippen molar-refractivity contribution in [2.45, 2.75) is 6.92 Å². The zero-order valence-electron chi connectivity index (χ0n) is 17.8.